The highest BCUT2D eigenvalue weighted by atomic mass is 35.5. The molecule has 2 aromatic rings. The van der Waals surface area contributed by atoms with Gasteiger partial charge in [-0.05, 0) is 12.5 Å². The predicted octanol–water partition coefficient (Wildman–Crippen LogP) is 3.27. The summed E-state index contributed by atoms with van der Waals surface area (Å²) in [6.45, 7) is 1.09. The van der Waals surface area contributed by atoms with E-state index in [4.69, 9.17) is 21.1 Å². The van der Waals surface area contributed by atoms with Gasteiger partial charge in [0.25, 0.3) is 5.91 Å². The smallest absolute Gasteiger partial charge is 0.341 e. The summed E-state index contributed by atoms with van der Waals surface area (Å²) >= 11 is 7.37. The van der Waals surface area contributed by atoms with E-state index in [0.717, 1.165) is 16.2 Å². The number of rotatable bonds is 9. The van der Waals surface area contributed by atoms with Crippen molar-refractivity contribution in [2.24, 2.45) is 0 Å². The maximum absolute atomic E-state index is 12.6. The second kappa shape index (κ2) is 11.1. The fourth-order valence-corrected chi connectivity index (χ4v) is 4.60. The third-order valence-electron chi connectivity index (χ3n) is 4.72. The first kappa shape index (κ1) is 24.4. The topological polar surface area (TPSA) is 119 Å². The van der Waals surface area contributed by atoms with E-state index in [1.165, 1.54) is 0 Å². The summed E-state index contributed by atoms with van der Waals surface area (Å²) in [6, 6.07) is 8.96. The van der Waals surface area contributed by atoms with Crippen molar-refractivity contribution in [3.63, 3.8) is 0 Å². The van der Waals surface area contributed by atoms with Crippen LogP contribution in [0.4, 0.5) is 5.00 Å². The second-order valence-corrected chi connectivity index (χ2v) is 8.56. The molecule has 0 spiro atoms. The molecule has 3 amide bonds. The van der Waals surface area contributed by atoms with Crippen molar-refractivity contribution in [2.45, 2.75) is 26.2 Å². The van der Waals surface area contributed by atoms with Crippen LogP contribution in [-0.2, 0) is 28.7 Å². The molecule has 1 aromatic carbocycles. The maximum Gasteiger partial charge on any atom is 0.341 e. The molecular weight excluding hydrogens is 472 g/mol. The Morgan fingerprint density at radius 2 is 1.76 bits per heavy atom. The number of amides is 3. The van der Waals surface area contributed by atoms with Gasteiger partial charge in [-0.15, -0.1) is 11.3 Å². The van der Waals surface area contributed by atoms with Crippen LogP contribution in [0.2, 0.25) is 4.34 Å². The molecule has 0 atom stereocenters. The van der Waals surface area contributed by atoms with Gasteiger partial charge in [0.15, 0.2) is 6.61 Å². The maximum atomic E-state index is 12.6. The van der Waals surface area contributed by atoms with E-state index in [9.17, 15) is 24.0 Å². The lowest BCUT2D eigenvalue weighted by Gasteiger charge is -2.13. The van der Waals surface area contributed by atoms with Crippen molar-refractivity contribution in [1.29, 1.82) is 0 Å². The monoisotopic (exact) mass is 492 g/mol. The Morgan fingerprint density at radius 1 is 1.09 bits per heavy atom. The first-order chi connectivity index (χ1) is 15.8. The average Bonchev–Trinajstić information content (AvgIpc) is 3.29. The zero-order valence-corrected chi connectivity index (χ0v) is 19.3. The van der Waals surface area contributed by atoms with E-state index in [1.807, 2.05) is 6.07 Å². The van der Waals surface area contributed by atoms with Crippen molar-refractivity contribution >= 4 is 57.6 Å². The number of esters is 2. The lowest BCUT2D eigenvalue weighted by molar-refractivity contribution is -0.148. The minimum absolute atomic E-state index is 0.0912. The highest BCUT2D eigenvalue weighted by Crippen LogP contribution is 2.43. The molecular formula is C22H21ClN2O7S. The quantitative estimate of drug-likeness (QED) is 0.421. The lowest BCUT2D eigenvalue weighted by atomic mass is 10.0. The van der Waals surface area contributed by atoms with Gasteiger partial charge in [-0.1, -0.05) is 41.9 Å². The molecule has 11 heteroatoms. The van der Waals surface area contributed by atoms with E-state index in [2.05, 4.69) is 5.32 Å². The van der Waals surface area contributed by atoms with Crippen molar-refractivity contribution in [3.8, 4) is 11.1 Å². The highest BCUT2D eigenvalue weighted by molar-refractivity contribution is 7.21. The Labute approximate surface area is 198 Å². The number of carbonyl (C=O) groups excluding carboxylic acids is 5. The number of likely N-dealkylation sites (tertiary alicyclic amines) is 1. The Bertz CT molecular complexity index is 1070. The number of imide groups is 1. The summed E-state index contributed by atoms with van der Waals surface area (Å²) in [5, 5.41) is 2.72. The van der Waals surface area contributed by atoms with E-state index in [-0.39, 0.29) is 59.1 Å². The van der Waals surface area contributed by atoms with Gasteiger partial charge >= 0.3 is 11.9 Å². The number of anilines is 1. The van der Waals surface area contributed by atoms with Crippen LogP contribution in [0.3, 0.4) is 0 Å². The molecule has 0 saturated carbocycles. The molecule has 3 rings (SSSR count). The molecule has 174 valence electrons. The Hall–Kier alpha value is -3.24. The van der Waals surface area contributed by atoms with Gasteiger partial charge < -0.3 is 14.8 Å². The first-order valence-electron chi connectivity index (χ1n) is 10.1. The number of ether oxygens (including phenoxy) is 2. The number of carbonyl (C=O) groups is 5. The number of thiophene rings is 1. The summed E-state index contributed by atoms with van der Waals surface area (Å²) in [5.41, 5.74) is 1.23. The summed E-state index contributed by atoms with van der Waals surface area (Å²) in [5.74, 6) is -2.73. The molecule has 1 fully saturated rings. The number of halogens is 1. The number of nitrogens with zero attached hydrogens (tertiary/aromatic N) is 1. The predicted molar refractivity (Wildman–Crippen MR) is 121 cm³/mol. The average molecular weight is 493 g/mol. The van der Waals surface area contributed by atoms with E-state index in [1.54, 1.807) is 31.2 Å². The van der Waals surface area contributed by atoms with Crippen LogP contribution >= 0.6 is 22.9 Å². The van der Waals surface area contributed by atoms with Gasteiger partial charge in [-0.25, -0.2) is 4.79 Å². The third kappa shape index (κ3) is 5.96. The van der Waals surface area contributed by atoms with Crippen molar-refractivity contribution in [2.75, 3.05) is 25.1 Å². The number of hydrogen-bond acceptors (Lipinski definition) is 8. The zero-order chi connectivity index (χ0) is 24.0. The van der Waals surface area contributed by atoms with Gasteiger partial charge in [0.05, 0.1) is 13.0 Å². The molecule has 2 heterocycles. The zero-order valence-electron chi connectivity index (χ0n) is 17.7. The van der Waals surface area contributed by atoms with Gasteiger partial charge in [0, 0.05) is 24.9 Å². The fourth-order valence-electron chi connectivity index (χ4n) is 3.21. The van der Waals surface area contributed by atoms with Crippen molar-refractivity contribution in [1.82, 2.24) is 4.90 Å². The molecule has 33 heavy (non-hydrogen) atoms. The molecule has 1 saturated heterocycles. The lowest BCUT2D eigenvalue weighted by Crippen LogP contribution is -2.32. The summed E-state index contributed by atoms with van der Waals surface area (Å²) in [6.07, 6.45) is 0.0443. The second-order valence-electron chi connectivity index (χ2n) is 6.94. The van der Waals surface area contributed by atoms with Crippen LogP contribution in [0.15, 0.2) is 30.3 Å². The SMILES string of the molecule is CCOC(=O)c1c(NC(=O)COC(=O)CCN2C(=O)CCC2=O)sc(Cl)c1-c1ccccc1. The molecule has 0 aliphatic carbocycles. The molecule has 1 aromatic heterocycles. The Balaban J connectivity index is 1.65. The van der Waals surface area contributed by atoms with Crippen LogP contribution in [0.1, 0.15) is 36.5 Å². The Kier molecular flexibility index (Phi) is 8.18. The Morgan fingerprint density at radius 3 is 2.39 bits per heavy atom. The third-order valence-corrected chi connectivity index (χ3v) is 6.03. The van der Waals surface area contributed by atoms with Crippen LogP contribution in [0.25, 0.3) is 11.1 Å². The van der Waals surface area contributed by atoms with E-state index in [0.29, 0.717) is 11.1 Å². The molecule has 1 aliphatic rings. The minimum atomic E-state index is -0.738. The van der Waals surface area contributed by atoms with Crippen LogP contribution in [0, 0.1) is 0 Å². The normalized spacial score (nSPS) is 13.2. The summed E-state index contributed by atoms with van der Waals surface area (Å²) in [7, 11) is 0. The molecule has 1 N–H and O–H groups in total. The van der Waals surface area contributed by atoms with Gasteiger partial charge in [-0.3, -0.25) is 24.1 Å². The van der Waals surface area contributed by atoms with Crippen LogP contribution in [-0.4, -0.2) is 54.3 Å². The molecule has 9 nitrogen and oxygen atoms in total. The molecule has 0 unspecified atom stereocenters. The number of hydrogen-bond donors (Lipinski definition) is 1. The largest absolute Gasteiger partial charge is 0.462 e. The standard InChI is InChI=1S/C22H21ClN2O7S/c1-2-31-22(30)19-18(13-6-4-3-5-7-13)20(23)33-21(19)24-14(26)12-32-17(29)10-11-25-15(27)8-9-16(25)28/h3-7H,2,8-12H2,1H3,(H,24,26). The van der Waals surface area contributed by atoms with Crippen LogP contribution < -0.4 is 5.32 Å². The van der Waals surface area contributed by atoms with E-state index < -0.39 is 24.5 Å². The van der Waals surface area contributed by atoms with E-state index >= 15 is 0 Å². The highest BCUT2D eigenvalue weighted by Gasteiger charge is 2.29. The van der Waals surface area contributed by atoms with Crippen molar-refractivity contribution in [3.05, 3.63) is 40.2 Å². The first-order valence-corrected chi connectivity index (χ1v) is 11.3. The van der Waals surface area contributed by atoms with Gasteiger partial charge in [0.2, 0.25) is 11.8 Å². The number of nitrogens with one attached hydrogen (secondary N) is 1. The molecule has 1 aliphatic heterocycles. The number of benzene rings is 1. The van der Waals surface area contributed by atoms with Gasteiger partial charge in [0.1, 0.15) is 14.9 Å². The molecule has 0 radical (unpaired) electrons. The fraction of sp³-hybridized carbons (Fsp3) is 0.318. The minimum Gasteiger partial charge on any atom is -0.462 e. The van der Waals surface area contributed by atoms with Crippen LogP contribution in [0.5, 0.6) is 0 Å². The van der Waals surface area contributed by atoms with Gasteiger partial charge in [-0.2, -0.15) is 0 Å². The van der Waals surface area contributed by atoms with Crippen molar-refractivity contribution < 1.29 is 33.4 Å². The summed E-state index contributed by atoms with van der Waals surface area (Å²) in [4.78, 5) is 61.1. The summed E-state index contributed by atoms with van der Waals surface area (Å²) < 4.78 is 10.4. The molecule has 0 bridgehead atoms.